The van der Waals surface area contributed by atoms with E-state index in [1.807, 2.05) is 19.1 Å². The molecule has 0 spiro atoms. The number of anilines is 1. The molecule has 2 aromatic carbocycles. The Morgan fingerprint density at radius 2 is 1.74 bits per heavy atom. The standard InChI is InChI=1S/C22H22N4O5/c1-14-7-9-15(10-8-14)23-19(27)12-26(2)20(28)13-31-21(29)11-18-16-5-3-4-6-17(16)22(30)25-24-18/h3-10H,11-13H2,1-2H3,(H,23,27)(H,25,30). The lowest BCUT2D eigenvalue weighted by Crippen LogP contribution is -2.37. The molecule has 3 aromatic rings. The van der Waals surface area contributed by atoms with Crippen LogP contribution in [0.4, 0.5) is 5.69 Å². The maximum absolute atomic E-state index is 12.2. The Labute approximate surface area is 178 Å². The van der Waals surface area contributed by atoms with E-state index in [1.165, 1.54) is 11.9 Å². The van der Waals surface area contributed by atoms with E-state index in [4.69, 9.17) is 4.74 Å². The van der Waals surface area contributed by atoms with Crippen LogP contribution < -0.4 is 10.9 Å². The number of benzene rings is 2. The topological polar surface area (TPSA) is 121 Å². The summed E-state index contributed by atoms with van der Waals surface area (Å²) in [7, 11) is 1.45. The summed E-state index contributed by atoms with van der Waals surface area (Å²) in [6.45, 7) is 1.25. The van der Waals surface area contributed by atoms with Gasteiger partial charge in [0.25, 0.3) is 11.5 Å². The molecule has 0 aliphatic carbocycles. The maximum Gasteiger partial charge on any atom is 0.312 e. The van der Waals surface area contributed by atoms with Gasteiger partial charge in [0.05, 0.1) is 24.0 Å². The van der Waals surface area contributed by atoms with Crippen LogP contribution in [0.15, 0.2) is 53.3 Å². The van der Waals surface area contributed by atoms with Crippen LogP contribution in [0.1, 0.15) is 11.3 Å². The minimum atomic E-state index is -0.671. The number of likely N-dealkylation sites (N-methyl/N-ethyl adjacent to an activating group) is 1. The van der Waals surface area contributed by atoms with Crippen LogP contribution in [-0.2, 0) is 25.5 Å². The van der Waals surface area contributed by atoms with Gasteiger partial charge in [0.2, 0.25) is 5.91 Å². The summed E-state index contributed by atoms with van der Waals surface area (Å²) in [5, 5.41) is 9.90. The van der Waals surface area contributed by atoms with Crippen molar-refractivity contribution in [3.63, 3.8) is 0 Å². The lowest BCUT2D eigenvalue weighted by molar-refractivity contribution is -0.151. The third kappa shape index (κ3) is 5.75. The molecule has 0 fully saturated rings. The summed E-state index contributed by atoms with van der Waals surface area (Å²) >= 11 is 0. The Morgan fingerprint density at radius 3 is 2.45 bits per heavy atom. The van der Waals surface area contributed by atoms with Gasteiger partial charge in [-0.3, -0.25) is 19.2 Å². The molecular formula is C22H22N4O5. The molecule has 0 saturated carbocycles. The molecule has 1 aromatic heterocycles. The minimum Gasteiger partial charge on any atom is -0.455 e. The van der Waals surface area contributed by atoms with Gasteiger partial charge in [0.15, 0.2) is 6.61 Å². The lowest BCUT2D eigenvalue weighted by Gasteiger charge is -2.17. The van der Waals surface area contributed by atoms with E-state index in [0.29, 0.717) is 22.2 Å². The first-order valence-corrected chi connectivity index (χ1v) is 9.56. The van der Waals surface area contributed by atoms with Crippen molar-refractivity contribution in [3.8, 4) is 0 Å². The average molecular weight is 422 g/mol. The third-order valence-electron chi connectivity index (χ3n) is 4.59. The Morgan fingerprint density at radius 1 is 1.06 bits per heavy atom. The second kappa shape index (κ2) is 9.66. The molecule has 0 aliphatic rings. The van der Waals surface area contributed by atoms with Gasteiger partial charge >= 0.3 is 5.97 Å². The zero-order valence-electron chi connectivity index (χ0n) is 17.2. The summed E-state index contributed by atoms with van der Waals surface area (Å²) in [6.07, 6.45) is -0.206. The number of aryl methyl sites for hydroxylation is 1. The number of nitrogens with one attached hydrogen (secondary N) is 2. The molecule has 0 saturated heterocycles. The van der Waals surface area contributed by atoms with Crippen LogP contribution in [0.3, 0.4) is 0 Å². The van der Waals surface area contributed by atoms with E-state index in [-0.39, 0.29) is 24.4 Å². The largest absolute Gasteiger partial charge is 0.455 e. The van der Waals surface area contributed by atoms with Crippen LogP contribution in [0.2, 0.25) is 0 Å². The van der Waals surface area contributed by atoms with Gasteiger partial charge < -0.3 is 15.0 Å². The van der Waals surface area contributed by atoms with Crippen molar-refractivity contribution in [2.24, 2.45) is 0 Å². The molecule has 9 nitrogen and oxygen atoms in total. The number of rotatable bonds is 7. The molecular weight excluding hydrogens is 400 g/mol. The Balaban J connectivity index is 1.50. The van der Waals surface area contributed by atoms with E-state index in [0.717, 1.165) is 5.56 Å². The molecule has 0 bridgehead atoms. The normalized spacial score (nSPS) is 10.5. The molecule has 0 unspecified atom stereocenters. The summed E-state index contributed by atoms with van der Waals surface area (Å²) in [5.74, 6) is -1.56. The quantitative estimate of drug-likeness (QED) is 0.556. The first-order chi connectivity index (χ1) is 14.8. The number of hydrogen-bond donors (Lipinski definition) is 2. The summed E-state index contributed by atoms with van der Waals surface area (Å²) in [5.41, 5.74) is 1.69. The lowest BCUT2D eigenvalue weighted by atomic mass is 10.1. The SMILES string of the molecule is Cc1ccc(NC(=O)CN(C)C(=O)COC(=O)Cc2n[nH]c(=O)c3ccccc23)cc1. The fourth-order valence-electron chi connectivity index (χ4n) is 2.89. The van der Waals surface area contributed by atoms with Gasteiger partial charge in [-0.05, 0) is 25.1 Å². The smallest absolute Gasteiger partial charge is 0.312 e. The minimum absolute atomic E-state index is 0.184. The van der Waals surface area contributed by atoms with Crippen LogP contribution in [0.5, 0.6) is 0 Å². The number of H-pyrrole nitrogens is 1. The van der Waals surface area contributed by atoms with Gasteiger partial charge in [-0.1, -0.05) is 35.9 Å². The first-order valence-electron chi connectivity index (χ1n) is 9.56. The highest BCUT2D eigenvalue weighted by atomic mass is 16.5. The van der Waals surface area contributed by atoms with Gasteiger partial charge in [-0.25, -0.2) is 5.10 Å². The number of carbonyl (C=O) groups excluding carboxylic acids is 3. The molecule has 2 N–H and O–H groups in total. The third-order valence-corrected chi connectivity index (χ3v) is 4.59. The van der Waals surface area contributed by atoms with Crippen LogP contribution in [-0.4, -0.2) is 53.1 Å². The van der Waals surface area contributed by atoms with Crippen LogP contribution in [0.25, 0.3) is 10.8 Å². The number of fused-ring (bicyclic) bond motifs is 1. The molecule has 0 radical (unpaired) electrons. The first kappa shape index (κ1) is 21.7. The van der Waals surface area contributed by atoms with Crippen molar-refractivity contribution in [3.05, 3.63) is 70.1 Å². The Bertz CT molecular complexity index is 1170. The molecule has 31 heavy (non-hydrogen) atoms. The molecule has 2 amide bonds. The van der Waals surface area contributed by atoms with Crippen LogP contribution in [0, 0.1) is 6.92 Å². The number of ether oxygens (including phenoxy) is 1. The predicted molar refractivity (Wildman–Crippen MR) is 114 cm³/mol. The fourth-order valence-corrected chi connectivity index (χ4v) is 2.89. The molecule has 9 heteroatoms. The molecule has 160 valence electrons. The second-order valence-corrected chi connectivity index (χ2v) is 7.05. The van der Waals surface area contributed by atoms with Crippen molar-refractivity contribution in [2.75, 3.05) is 25.5 Å². The summed E-state index contributed by atoms with van der Waals surface area (Å²) in [6, 6.07) is 14.0. The van der Waals surface area contributed by atoms with Crippen molar-refractivity contribution in [1.82, 2.24) is 15.1 Å². The molecule has 0 atom stereocenters. The number of aromatic nitrogens is 2. The van der Waals surface area contributed by atoms with Crippen molar-refractivity contribution in [2.45, 2.75) is 13.3 Å². The van der Waals surface area contributed by atoms with E-state index in [2.05, 4.69) is 15.5 Å². The fraction of sp³-hybridized carbons (Fsp3) is 0.227. The zero-order valence-corrected chi connectivity index (χ0v) is 17.2. The predicted octanol–water partition coefficient (Wildman–Crippen LogP) is 1.41. The number of esters is 1. The van der Waals surface area contributed by atoms with E-state index < -0.39 is 18.5 Å². The average Bonchev–Trinajstić information content (AvgIpc) is 2.75. The monoisotopic (exact) mass is 422 g/mol. The zero-order chi connectivity index (χ0) is 22.4. The van der Waals surface area contributed by atoms with Gasteiger partial charge in [-0.15, -0.1) is 0 Å². The summed E-state index contributed by atoms with van der Waals surface area (Å²) in [4.78, 5) is 49.4. The number of aromatic amines is 1. The molecule has 3 rings (SSSR count). The van der Waals surface area contributed by atoms with Crippen molar-refractivity contribution < 1.29 is 19.1 Å². The summed E-state index contributed by atoms with van der Waals surface area (Å²) < 4.78 is 5.03. The Kier molecular flexibility index (Phi) is 6.76. The number of hydrogen-bond acceptors (Lipinski definition) is 6. The van der Waals surface area contributed by atoms with E-state index in [9.17, 15) is 19.2 Å². The second-order valence-electron chi connectivity index (χ2n) is 7.05. The molecule has 1 heterocycles. The van der Waals surface area contributed by atoms with Gasteiger partial charge in [0.1, 0.15) is 0 Å². The van der Waals surface area contributed by atoms with Crippen molar-refractivity contribution >= 4 is 34.2 Å². The van der Waals surface area contributed by atoms with E-state index in [1.54, 1.807) is 36.4 Å². The highest BCUT2D eigenvalue weighted by molar-refractivity contribution is 5.95. The Hall–Kier alpha value is -4.01. The highest BCUT2D eigenvalue weighted by Crippen LogP contribution is 2.13. The number of nitrogens with zero attached hydrogens (tertiary/aromatic N) is 2. The molecule has 0 aliphatic heterocycles. The van der Waals surface area contributed by atoms with Crippen LogP contribution >= 0.6 is 0 Å². The van der Waals surface area contributed by atoms with Crippen molar-refractivity contribution in [1.29, 1.82) is 0 Å². The number of amides is 2. The van der Waals surface area contributed by atoms with Gasteiger partial charge in [0, 0.05) is 18.1 Å². The highest BCUT2D eigenvalue weighted by Gasteiger charge is 2.17. The van der Waals surface area contributed by atoms with Gasteiger partial charge in [-0.2, -0.15) is 5.10 Å². The maximum atomic E-state index is 12.2. The van der Waals surface area contributed by atoms with E-state index >= 15 is 0 Å². The number of carbonyl (C=O) groups is 3.